The van der Waals surface area contributed by atoms with E-state index in [9.17, 15) is 14.4 Å². The third-order valence-electron chi connectivity index (χ3n) is 4.98. The first-order valence-corrected chi connectivity index (χ1v) is 10.6. The fourth-order valence-electron chi connectivity index (χ4n) is 3.29. The molecule has 2 amide bonds. The van der Waals surface area contributed by atoms with E-state index in [1.54, 1.807) is 24.3 Å². The van der Waals surface area contributed by atoms with Crippen LogP contribution < -0.4 is 10.6 Å². The van der Waals surface area contributed by atoms with Gasteiger partial charge in [-0.2, -0.15) is 0 Å². The predicted molar refractivity (Wildman–Crippen MR) is 117 cm³/mol. The van der Waals surface area contributed by atoms with Crippen LogP contribution in [0.15, 0.2) is 54.6 Å². The lowest BCUT2D eigenvalue weighted by Crippen LogP contribution is -2.31. The number of amides is 2. The van der Waals surface area contributed by atoms with Crippen LogP contribution in [0.5, 0.6) is 0 Å². The fourth-order valence-corrected chi connectivity index (χ4v) is 3.29. The van der Waals surface area contributed by atoms with E-state index in [2.05, 4.69) is 10.6 Å². The van der Waals surface area contributed by atoms with Gasteiger partial charge in [0.05, 0.1) is 19.1 Å². The van der Waals surface area contributed by atoms with Gasteiger partial charge in [0.25, 0.3) is 5.91 Å². The molecule has 0 radical (unpaired) electrons. The maximum absolute atomic E-state index is 12.3. The molecule has 1 fully saturated rings. The van der Waals surface area contributed by atoms with Crippen molar-refractivity contribution in [2.24, 2.45) is 0 Å². The number of hydrogen-bond acceptors (Lipinski definition) is 5. The summed E-state index contributed by atoms with van der Waals surface area (Å²) in [4.78, 5) is 36.3. The van der Waals surface area contributed by atoms with Crippen LogP contribution in [0, 0.1) is 0 Å². The molecule has 0 aromatic heterocycles. The number of rotatable bonds is 10. The average molecular weight is 424 g/mol. The van der Waals surface area contributed by atoms with Gasteiger partial charge in [-0.05, 0) is 36.6 Å². The summed E-state index contributed by atoms with van der Waals surface area (Å²) in [6, 6.07) is 16.4. The van der Waals surface area contributed by atoms with Crippen molar-refractivity contribution in [2.45, 2.75) is 38.2 Å². The molecule has 1 aliphatic heterocycles. The molecule has 1 heterocycles. The van der Waals surface area contributed by atoms with Gasteiger partial charge in [0.1, 0.15) is 0 Å². The summed E-state index contributed by atoms with van der Waals surface area (Å²) >= 11 is 0. The average Bonchev–Trinajstić information content (AvgIpc) is 3.31. The van der Waals surface area contributed by atoms with Gasteiger partial charge in [-0.3, -0.25) is 14.4 Å². The minimum absolute atomic E-state index is 0.00217. The van der Waals surface area contributed by atoms with Crippen LogP contribution in [0.25, 0.3) is 0 Å². The SMILES string of the molecule is O=C(CCC(=O)OCCc1ccccc1)Nc1cccc(C(=O)NCC2CCCO2)c1. The normalized spacial score (nSPS) is 15.3. The van der Waals surface area contributed by atoms with Crippen molar-refractivity contribution in [3.05, 3.63) is 65.7 Å². The van der Waals surface area contributed by atoms with Gasteiger partial charge in [0.15, 0.2) is 0 Å². The van der Waals surface area contributed by atoms with Crippen molar-refractivity contribution in [2.75, 3.05) is 25.1 Å². The Morgan fingerprint density at radius 1 is 1.03 bits per heavy atom. The van der Waals surface area contributed by atoms with Gasteiger partial charge < -0.3 is 20.1 Å². The Morgan fingerprint density at radius 3 is 2.65 bits per heavy atom. The van der Waals surface area contributed by atoms with Crippen LogP contribution in [-0.2, 0) is 25.5 Å². The molecule has 0 spiro atoms. The Labute approximate surface area is 182 Å². The fraction of sp³-hybridized carbons (Fsp3) is 0.375. The molecule has 3 rings (SSSR count). The molecule has 2 N–H and O–H groups in total. The van der Waals surface area contributed by atoms with Crippen molar-refractivity contribution in [1.82, 2.24) is 5.32 Å². The van der Waals surface area contributed by atoms with Crippen LogP contribution in [0.2, 0.25) is 0 Å². The Kier molecular flexibility index (Phi) is 8.60. The van der Waals surface area contributed by atoms with Crippen LogP contribution in [0.4, 0.5) is 5.69 Å². The monoisotopic (exact) mass is 424 g/mol. The molecule has 2 aromatic rings. The molecular weight excluding hydrogens is 396 g/mol. The number of hydrogen-bond donors (Lipinski definition) is 2. The van der Waals surface area contributed by atoms with E-state index < -0.39 is 5.97 Å². The molecule has 7 nitrogen and oxygen atoms in total. The number of carbonyl (C=O) groups is 3. The molecule has 1 saturated heterocycles. The summed E-state index contributed by atoms with van der Waals surface area (Å²) in [5.74, 6) is -0.932. The molecule has 164 valence electrons. The van der Waals surface area contributed by atoms with Crippen LogP contribution in [0.3, 0.4) is 0 Å². The summed E-state index contributed by atoms with van der Waals surface area (Å²) in [5.41, 5.74) is 2.05. The van der Waals surface area contributed by atoms with Crippen molar-refractivity contribution < 1.29 is 23.9 Å². The van der Waals surface area contributed by atoms with Gasteiger partial charge in [0.2, 0.25) is 5.91 Å². The zero-order valence-corrected chi connectivity index (χ0v) is 17.5. The lowest BCUT2D eigenvalue weighted by molar-refractivity contribution is -0.144. The van der Waals surface area contributed by atoms with Crippen LogP contribution in [-0.4, -0.2) is 43.6 Å². The quantitative estimate of drug-likeness (QED) is 0.572. The second kappa shape index (κ2) is 11.9. The molecule has 1 aliphatic rings. The summed E-state index contributed by atoms with van der Waals surface area (Å²) in [6.45, 7) is 1.50. The first kappa shape index (κ1) is 22.5. The lowest BCUT2D eigenvalue weighted by Gasteiger charge is -2.11. The molecular formula is C24H28N2O5. The minimum atomic E-state index is -0.409. The Bertz CT molecular complexity index is 879. The maximum atomic E-state index is 12.3. The van der Waals surface area contributed by atoms with E-state index in [-0.39, 0.29) is 37.4 Å². The lowest BCUT2D eigenvalue weighted by atomic mass is 10.1. The van der Waals surface area contributed by atoms with Crippen LogP contribution >= 0.6 is 0 Å². The summed E-state index contributed by atoms with van der Waals surface area (Å²) in [7, 11) is 0. The highest BCUT2D eigenvalue weighted by atomic mass is 16.5. The van der Waals surface area contributed by atoms with E-state index in [0.717, 1.165) is 25.0 Å². The molecule has 1 atom stereocenters. The summed E-state index contributed by atoms with van der Waals surface area (Å²) in [6.07, 6.45) is 2.69. The number of ether oxygens (including phenoxy) is 2. The molecule has 0 saturated carbocycles. The number of benzene rings is 2. The van der Waals surface area contributed by atoms with E-state index >= 15 is 0 Å². The third kappa shape index (κ3) is 7.86. The van der Waals surface area contributed by atoms with Crippen molar-refractivity contribution >= 4 is 23.5 Å². The van der Waals surface area contributed by atoms with Crippen molar-refractivity contribution in [1.29, 1.82) is 0 Å². The Morgan fingerprint density at radius 2 is 1.87 bits per heavy atom. The van der Waals surface area contributed by atoms with Gasteiger partial charge in [-0.15, -0.1) is 0 Å². The predicted octanol–water partition coefficient (Wildman–Crippen LogP) is 3.10. The largest absolute Gasteiger partial charge is 0.465 e. The van der Waals surface area contributed by atoms with Crippen molar-refractivity contribution in [3.8, 4) is 0 Å². The van der Waals surface area contributed by atoms with Gasteiger partial charge >= 0.3 is 5.97 Å². The highest BCUT2D eigenvalue weighted by molar-refractivity contribution is 5.97. The molecule has 2 aromatic carbocycles. The standard InChI is InChI=1S/C24H28N2O5/c27-22(11-12-23(28)31-15-13-18-6-2-1-3-7-18)26-20-9-4-8-19(16-20)24(29)25-17-21-10-5-14-30-21/h1-4,6-9,16,21H,5,10-15,17H2,(H,25,29)(H,26,27). The molecule has 0 bridgehead atoms. The zero-order valence-electron chi connectivity index (χ0n) is 17.5. The number of carbonyl (C=O) groups excluding carboxylic acids is 3. The third-order valence-corrected chi connectivity index (χ3v) is 4.98. The topological polar surface area (TPSA) is 93.7 Å². The highest BCUT2D eigenvalue weighted by Gasteiger charge is 2.17. The Hall–Kier alpha value is -3.19. The first-order chi connectivity index (χ1) is 15.1. The molecule has 0 aliphatic carbocycles. The summed E-state index contributed by atoms with van der Waals surface area (Å²) in [5, 5.41) is 5.58. The Balaban J connectivity index is 1.37. The van der Waals surface area contributed by atoms with E-state index in [4.69, 9.17) is 9.47 Å². The van der Waals surface area contributed by atoms with Crippen molar-refractivity contribution in [3.63, 3.8) is 0 Å². The zero-order chi connectivity index (χ0) is 21.9. The van der Waals surface area contributed by atoms with E-state index in [0.29, 0.717) is 24.2 Å². The van der Waals surface area contributed by atoms with Gasteiger partial charge in [-0.25, -0.2) is 0 Å². The molecule has 31 heavy (non-hydrogen) atoms. The van der Waals surface area contributed by atoms with Crippen LogP contribution in [0.1, 0.15) is 41.6 Å². The summed E-state index contributed by atoms with van der Waals surface area (Å²) < 4.78 is 10.7. The maximum Gasteiger partial charge on any atom is 0.306 e. The second-order valence-electron chi connectivity index (χ2n) is 7.43. The van der Waals surface area contributed by atoms with E-state index in [1.807, 2.05) is 30.3 Å². The number of nitrogens with one attached hydrogen (secondary N) is 2. The molecule has 1 unspecified atom stereocenters. The minimum Gasteiger partial charge on any atom is -0.465 e. The smallest absolute Gasteiger partial charge is 0.306 e. The van der Waals surface area contributed by atoms with Gasteiger partial charge in [0, 0.05) is 37.2 Å². The first-order valence-electron chi connectivity index (χ1n) is 10.6. The highest BCUT2D eigenvalue weighted by Crippen LogP contribution is 2.13. The second-order valence-corrected chi connectivity index (χ2v) is 7.43. The van der Waals surface area contributed by atoms with Gasteiger partial charge in [-0.1, -0.05) is 36.4 Å². The number of anilines is 1. The van der Waals surface area contributed by atoms with E-state index in [1.165, 1.54) is 0 Å². The number of esters is 1. The molecule has 7 heteroatoms.